The second kappa shape index (κ2) is 4.72. The highest BCUT2D eigenvalue weighted by Crippen LogP contribution is 2.36. The number of thioether (sulfide) groups is 1. The molecule has 5 nitrogen and oxygen atoms in total. The fraction of sp³-hybridized carbons (Fsp3) is 0.100. The van der Waals surface area contributed by atoms with Crippen LogP contribution in [0.5, 0.6) is 0 Å². The molecule has 0 aliphatic rings. The molecule has 17 heavy (non-hydrogen) atoms. The highest BCUT2D eigenvalue weighted by molar-refractivity contribution is 8.00. The van der Waals surface area contributed by atoms with Crippen LogP contribution in [0.25, 0.3) is 10.4 Å². The third-order valence-corrected chi connectivity index (χ3v) is 4.25. The number of hydrogen-bond donors (Lipinski definition) is 1. The lowest BCUT2D eigenvalue weighted by molar-refractivity contribution is -0.384. The zero-order chi connectivity index (χ0) is 12.4. The van der Waals surface area contributed by atoms with Crippen LogP contribution in [0.15, 0.2) is 28.6 Å². The van der Waals surface area contributed by atoms with Crippen LogP contribution in [-0.2, 0) is 0 Å². The minimum absolute atomic E-state index is 0.0712. The molecule has 0 spiro atoms. The van der Waals surface area contributed by atoms with E-state index in [4.69, 9.17) is 5.73 Å². The quantitative estimate of drug-likeness (QED) is 0.525. The Kier molecular flexibility index (Phi) is 3.30. The van der Waals surface area contributed by atoms with Crippen LogP contribution in [0.1, 0.15) is 0 Å². The molecule has 1 heterocycles. The zero-order valence-corrected chi connectivity index (χ0v) is 10.5. The smallest absolute Gasteiger partial charge is 0.269 e. The van der Waals surface area contributed by atoms with Gasteiger partial charge in [-0.15, -0.1) is 11.3 Å². The van der Waals surface area contributed by atoms with Crippen molar-refractivity contribution in [1.29, 1.82) is 0 Å². The van der Waals surface area contributed by atoms with Crippen molar-refractivity contribution in [2.24, 2.45) is 0 Å². The molecule has 0 aliphatic carbocycles. The van der Waals surface area contributed by atoms with E-state index in [2.05, 4.69) is 4.98 Å². The van der Waals surface area contributed by atoms with Crippen molar-refractivity contribution in [2.45, 2.75) is 4.34 Å². The van der Waals surface area contributed by atoms with E-state index in [-0.39, 0.29) is 5.69 Å². The van der Waals surface area contributed by atoms with Crippen LogP contribution in [0.3, 0.4) is 0 Å². The molecule has 1 aromatic heterocycles. The molecule has 0 amide bonds. The number of nitro groups is 1. The van der Waals surface area contributed by atoms with Crippen LogP contribution < -0.4 is 5.73 Å². The predicted molar refractivity (Wildman–Crippen MR) is 70.4 cm³/mol. The number of benzene rings is 1. The van der Waals surface area contributed by atoms with Gasteiger partial charge in [-0.05, 0) is 24.0 Å². The first kappa shape index (κ1) is 11.9. The van der Waals surface area contributed by atoms with Crippen LogP contribution in [0.4, 0.5) is 11.5 Å². The van der Waals surface area contributed by atoms with Gasteiger partial charge in [-0.3, -0.25) is 10.1 Å². The molecule has 7 heteroatoms. The van der Waals surface area contributed by atoms with Gasteiger partial charge >= 0.3 is 0 Å². The number of aromatic nitrogens is 1. The van der Waals surface area contributed by atoms with E-state index in [1.165, 1.54) is 35.2 Å². The van der Waals surface area contributed by atoms with Gasteiger partial charge in [0.25, 0.3) is 5.69 Å². The van der Waals surface area contributed by atoms with Crippen molar-refractivity contribution >= 4 is 34.6 Å². The van der Waals surface area contributed by atoms with Crippen molar-refractivity contribution < 1.29 is 4.92 Å². The van der Waals surface area contributed by atoms with Gasteiger partial charge in [-0.25, -0.2) is 4.98 Å². The number of nitrogens with zero attached hydrogens (tertiary/aromatic N) is 2. The number of non-ortho nitro benzene ring substituents is 1. The molecule has 0 fully saturated rings. The second-order valence-electron chi connectivity index (χ2n) is 3.20. The molecule has 0 aliphatic heterocycles. The average Bonchev–Trinajstić information content (AvgIpc) is 2.71. The van der Waals surface area contributed by atoms with E-state index in [1.54, 1.807) is 12.1 Å². The van der Waals surface area contributed by atoms with Gasteiger partial charge in [0.2, 0.25) is 0 Å². The lowest BCUT2D eigenvalue weighted by Gasteiger charge is -1.97. The van der Waals surface area contributed by atoms with Crippen LogP contribution in [-0.4, -0.2) is 16.2 Å². The van der Waals surface area contributed by atoms with E-state index >= 15 is 0 Å². The normalized spacial score (nSPS) is 10.4. The number of nitro benzene ring substituents is 1. The van der Waals surface area contributed by atoms with E-state index in [1.807, 2.05) is 6.26 Å². The minimum atomic E-state index is -0.423. The summed E-state index contributed by atoms with van der Waals surface area (Å²) < 4.78 is 0.885. The maximum absolute atomic E-state index is 10.5. The molecule has 0 saturated carbocycles. The Bertz CT molecular complexity index is 551. The Morgan fingerprint density at radius 1 is 1.41 bits per heavy atom. The summed E-state index contributed by atoms with van der Waals surface area (Å²) in [5.41, 5.74) is 6.72. The fourth-order valence-electron chi connectivity index (χ4n) is 1.34. The number of rotatable bonds is 3. The van der Waals surface area contributed by atoms with Gasteiger partial charge in [-0.1, -0.05) is 11.8 Å². The molecule has 2 N–H and O–H groups in total. The van der Waals surface area contributed by atoms with Gasteiger partial charge in [0.05, 0.1) is 9.80 Å². The van der Waals surface area contributed by atoms with E-state index in [9.17, 15) is 10.1 Å². The number of anilines is 1. The number of thiazole rings is 1. The van der Waals surface area contributed by atoms with Crippen LogP contribution >= 0.6 is 23.1 Å². The Hall–Kier alpha value is -1.60. The third kappa shape index (κ3) is 2.40. The van der Waals surface area contributed by atoms with Gasteiger partial charge in [0, 0.05) is 12.1 Å². The lowest BCUT2D eigenvalue weighted by atomic mass is 10.2. The van der Waals surface area contributed by atoms with Gasteiger partial charge in [0.15, 0.2) is 4.34 Å². The van der Waals surface area contributed by atoms with E-state index in [0.29, 0.717) is 5.82 Å². The van der Waals surface area contributed by atoms with Crippen molar-refractivity contribution in [3.05, 3.63) is 34.4 Å². The summed E-state index contributed by atoms with van der Waals surface area (Å²) in [7, 11) is 0. The average molecular weight is 267 g/mol. The summed E-state index contributed by atoms with van der Waals surface area (Å²) in [6.07, 6.45) is 1.93. The number of nitrogens with two attached hydrogens (primary N) is 1. The van der Waals surface area contributed by atoms with Gasteiger partial charge < -0.3 is 5.73 Å². The monoisotopic (exact) mass is 267 g/mol. The van der Waals surface area contributed by atoms with Crippen molar-refractivity contribution in [3.8, 4) is 10.4 Å². The summed E-state index contributed by atoms with van der Waals surface area (Å²) in [6, 6.07) is 6.30. The first-order valence-corrected chi connectivity index (χ1v) is 6.71. The zero-order valence-electron chi connectivity index (χ0n) is 8.91. The molecule has 0 saturated heterocycles. The number of nitrogen functional groups attached to an aromatic ring is 1. The van der Waals surface area contributed by atoms with Crippen LogP contribution in [0.2, 0.25) is 0 Å². The fourth-order valence-corrected chi connectivity index (χ4v) is 2.84. The standard InChI is InChI=1S/C10H9N3O2S2/c1-16-10-12-9(11)8(17-10)6-2-4-7(5-3-6)13(14)15/h2-5H,11H2,1H3. The Morgan fingerprint density at radius 2 is 2.06 bits per heavy atom. The molecule has 0 unspecified atom stereocenters. The van der Waals surface area contributed by atoms with Gasteiger partial charge in [0.1, 0.15) is 5.82 Å². The maximum Gasteiger partial charge on any atom is 0.269 e. The summed E-state index contributed by atoms with van der Waals surface area (Å²) in [4.78, 5) is 15.1. The Balaban J connectivity index is 2.39. The largest absolute Gasteiger partial charge is 0.382 e. The van der Waals surface area contributed by atoms with Crippen molar-refractivity contribution in [3.63, 3.8) is 0 Å². The topological polar surface area (TPSA) is 82.0 Å². The summed E-state index contributed by atoms with van der Waals surface area (Å²) in [5, 5.41) is 10.5. The Morgan fingerprint density at radius 3 is 2.53 bits per heavy atom. The molecule has 0 radical (unpaired) electrons. The Labute approximate surface area is 106 Å². The molecule has 2 rings (SSSR count). The van der Waals surface area contributed by atoms with Crippen LogP contribution in [0, 0.1) is 10.1 Å². The van der Waals surface area contributed by atoms with Gasteiger partial charge in [-0.2, -0.15) is 0 Å². The molecule has 1 aromatic carbocycles. The highest BCUT2D eigenvalue weighted by Gasteiger charge is 2.11. The van der Waals surface area contributed by atoms with E-state index in [0.717, 1.165) is 14.8 Å². The molecule has 0 atom stereocenters. The minimum Gasteiger partial charge on any atom is -0.382 e. The second-order valence-corrected chi connectivity index (χ2v) is 5.25. The number of hydrogen-bond acceptors (Lipinski definition) is 6. The van der Waals surface area contributed by atoms with Crippen molar-refractivity contribution in [1.82, 2.24) is 4.98 Å². The van der Waals surface area contributed by atoms with Crippen molar-refractivity contribution in [2.75, 3.05) is 12.0 Å². The summed E-state index contributed by atoms with van der Waals surface area (Å²) >= 11 is 3.01. The van der Waals surface area contributed by atoms with E-state index < -0.39 is 4.92 Å². The first-order chi connectivity index (χ1) is 8.11. The predicted octanol–water partition coefficient (Wildman–Crippen LogP) is 3.02. The third-order valence-electron chi connectivity index (χ3n) is 2.15. The molecule has 2 aromatic rings. The summed E-state index contributed by atoms with van der Waals surface area (Å²) in [5.74, 6) is 0.466. The molecule has 0 bridgehead atoms. The first-order valence-electron chi connectivity index (χ1n) is 4.67. The summed E-state index contributed by atoms with van der Waals surface area (Å²) in [6.45, 7) is 0. The highest BCUT2D eigenvalue weighted by atomic mass is 32.2. The lowest BCUT2D eigenvalue weighted by Crippen LogP contribution is -1.89. The SMILES string of the molecule is CSc1nc(N)c(-c2ccc([N+](=O)[O-])cc2)s1. The molecular weight excluding hydrogens is 258 g/mol. The molecular formula is C10H9N3O2S2. The maximum atomic E-state index is 10.5. The molecule has 88 valence electrons.